The number of nitrogens with zero attached hydrogens (tertiary/aromatic N) is 1. The molecule has 2 aromatic carbocycles. The van der Waals surface area contributed by atoms with Crippen LogP contribution in [0.15, 0.2) is 42.6 Å². The Kier molecular flexibility index (Phi) is 3.09. The molecule has 96 valence electrons. The van der Waals surface area contributed by atoms with Gasteiger partial charge in [-0.05, 0) is 30.3 Å². The Bertz CT molecular complexity index is 724. The van der Waals surface area contributed by atoms with Crippen molar-refractivity contribution in [2.75, 3.05) is 5.32 Å². The lowest BCUT2D eigenvalue weighted by molar-refractivity contribution is 0.613. The summed E-state index contributed by atoms with van der Waals surface area (Å²) in [5.74, 6) is -0.303. The van der Waals surface area contributed by atoms with Gasteiger partial charge < -0.3 is 5.32 Å². The summed E-state index contributed by atoms with van der Waals surface area (Å²) in [7, 11) is 0. The summed E-state index contributed by atoms with van der Waals surface area (Å²) in [6.45, 7) is 0.405. The number of rotatable bonds is 3. The van der Waals surface area contributed by atoms with Gasteiger partial charge in [-0.3, -0.25) is 5.10 Å². The van der Waals surface area contributed by atoms with Crippen LogP contribution in [0.25, 0.3) is 10.9 Å². The van der Waals surface area contributed by atoms with Gasteiger partial charge in [-0.1, -0.05) is 17.7 Å². The van der Waals surface area contributed by atoms with Gasteiger partial charge in [-0.25, -0.2) is 4.39 Å². The number of nitrogens with one attached hydrogen (secondary N) is 2. The Balaban J connectivity index is 1.77. The van der Waals surface area contributed by atoms with Crippen LogP contribution in [0.2, 0.25) is 5.02 Å². The van der Waals surface area contributed by atoms with Crippen molar-refractivity contribution >= 4 is 28.2 Å². The van der Waals surface area contributed by atoms with Crippen molar-refractivity contribution in [3.8, 4) is 0 Å². The molecule has 3 nitrogen and oxygen atoms in total. The van der Waals surface area contributed by atoms with Crippen molar-refractivity contribution in [2.24, 2.45) is 0 Å². The van der Waals surface area contributed by atoms with Crippen molar-refractivity contribution in [2.45, 2.75) is 6.54 Å². The Labute approximate surface area is 114 Å². The predicted octanol–water partition coefficient (Wildman–Crippen LogP) is 3.97. The van der Waals surface area contributed by atoms with Crippen LogP contribution in [-0.2, 0) is 6.54 Å². The highest BCUT2D eigenvalue weighted by Gasteiger charge is 2.03. The number of halogens is 2. The van der Waals surface area contributed by atoms with Crippen LogP contribution in [0.5, 0.6) is 0 Å². The number of aromatic nitrogens is 2. The lowest BCUT2D eigenvalue weighted by Crippen LogP contribution is -2.01. The number of anilines is 1. The molecule has 0 spiro atoms. The molecule has 0 bridgehead atoms. The maximum absolute atomic E-state index is 13.6. The molecule has 1 heterocycles. The van der Waals surface area contributed by atoms with Crippen LogP contribution in [-0.4, -0.2) is 10.2 Å². The molecule has 0 aliphatic heterocycles. The first-order chi connectivity index (χ1) is 9.22. The fraction of sp³-hybridized carbons (Fsp3) is 0.0714. The van der Waals surface area contributed by atoms with E-state index in [1.54, 1.807) is 18.3 Å². The van der Waals surface area contributed by atoms with Gasteiger partial charge in [0.15, 0.2) is 0 Å². The molecular weight excluding hydrogens is 265 g/mol. The minimum absolute atomic E-state index is 0.303. The fourth-order valence-electron chi connectivity index (χ4n) is 1.91. The van der Waals surface area contributed by atoms with E-state index in [4.69, 9.17) is 11.6 Å². The summed E-state index contributed by atoms with van der Waals surface area (Å²) in [4.78, 5) is 0. The second-order valence-corrected chi connectivity index (χ2v) is 4.70. The Hall–Kier alpha value is -2.07. The molecule has 0 atom stereocenters. The van der Waals surface area contributed by atoms with E-state index < -0.39 is 0 Å². The molecule has 0 aliphatic rings. The van der Waals surface area contributed by atoms with Gasteiger partial charge in [0.1, 0.15) is 5.82 Å². The van der Waals surface area contributed by atoms with Gasteiger partial charge in [0.05, 0.1) is 11.7 Å². The molecular formula is C14H11ClFN3. The van der Waals surface area contributed by atoms with Crippen LogP contribution < -0.4 is 5.32 Å². The van der Waals surface area contributed by atoms with E-state index in [1.165, 1.54) is 6.07 Å². The molecule has 3 rings (SSSR count). The highest BCUT2D eigenvalue weighted by Crippen LogP contribution is 2.19. The molecule has 0 saturated heterocycles. The average molecular weight is 276 g/mol. The van der Waals surface area contributed by atoms with E-state index >= 15 is 0 Å². The fourth-order valence-corrected chi connectivity index (χ4v) is 2.07. The summed E-state index contributed by atoms with van der Waals surface area (Å²) >= 11 is 5.72. The van der Waals surface area contributed by atoms with Crippen molar-refractivity contribution in [1.29, 1.82) is 0 Å². The number of fused-ring (bicyclic) bond motifs is 1. The minimum atomic E-state index is -0.303. The number of benzene rings is 2. The third kappa shape index (κ3) is 2.53. The van der Waals surface area contributed by atoms with Crippen LogP contribution >= 0.6 is 11.6 Å². The maximum atomic E-state index is 13.6. The van der Waals surface area contributed by atoms with E-state index in [0.29, 0.717) is 17.1 Å². The molecule has 19 heavy (non-hydrogen) atoms. The monoisotopic (exact) mass is 275 g/mol. The maximum Gasteiger partial charge on any atom is 0.129 e. The molecule has 2 N–H and O–H groups in total. The van der Waals surface area contributed by atoms with E-state index in [-0.39, 0.29) is 5.82 Å². The van der Waals surface area contributed by atoms with Gasteiger partial charge >= 0.3 is 0 Å². The molecule has 0 aliphatic carbocycles. The normalized spacial score (nSPS) is 10.8. The quantitative estimate of drug-likeness (QED) is 0.759. The van der Waals surface area contributed by atoms with Crippen LogP contribution in [0.1, 0.15) is 5.56 Å². The third-order valence-electron chi connectivity index (χ3n) is 2.94. The van der Waals surface area contributed by atoms with Gasteiger partial charge in [0.25, 0.3) is 0 Å². The second kappa shape index (κ2) is 4.90. The minimum Gasteiger partial charge on any atom is -0.381 e. The predicted molar refractivity (Wildman–Crippen MR) is 74.8 cm³/mol. The Morgan fingerprint density at radius 1 is 1.21 bits per heavy atom. The van der Waals surface area contributed by atoms with E-state index in [0.717, 1.165) is 16.6 Å². The van der Waals surface area contributed by atoms with Gasteiger partial charge in [-0.2, -0.15) is 5.10 Å². The molecule has 1 aromatic heterocycles. The molecule has 0 radical (unpaired) electrons. The molecule has 5 heteroatoms. The van der Waals surface area contributed by atoms with E-state index in [1.807, 2.05) is 18.2 Å². The van der Waals surface area contributed by atoms with Crippen molar-refractivity contribution in [1.82, 2.24) is 10.2 Å². The number of hydrogen-bond acceptors (Lipinski definition) is 2. The number of hydrogen-bond donors (Lipinski definition) is 2. The van der Waals surface area contributed by atoms with Gasteiger partial charge in [0.2, 0.25) is 0 Å². The molecule has 0 amide bonds. The zero-order chi connectivity index (χ0) is 13.2. The first-order valence-corrected chi connectivity index (χ1v) is 6.21. The summed E-state index contributed by atoms with van der Waals surface area (Å²) in [5.41, 5.74) is 2.43. The molecule has 0 fully saturated rings. The zero-order valence-corrected chi connectivity index (χ0v) is 10.7. The standard InChI is InChI=1S/C14H11ClFN3/c15-11-3-1-9(13(16)5-11)7-17-12-4-2-10-8-18-19-14(10)6-12/h1-6,8,17H,7H2,(H,18,19). The molecule has 0 saturated carbocycles. The van der Waals surface area contributed by atoms with Crippen LogP contribution in [0.4, 0.5) is 10.1 Å². The largest absolute Gasteiger partial charge is 0.381 e. The Morgan fingerprint density at radius 2 is 2.11 bits per heavy atom. The van der Waals surface area contributed by atoms with Crippen molar-refractivity contribution in [3.05, 3.63) is 59.0 Å². The lowest BCUT2D eigenvalue weighted by Gasteiger charge is -2.07. The first kappa shape index (κ1) is 12.0. The Morgan fingerprint density at radius 3 is 2.95 bits per heavy atom. The zero-order valence-electron chi connectivity index (χ0n) is 9.95. The molecule has 3 aromatic rings. The second-order valence-electron chi connectivity index (χ2n) is 4.26. The SMILES string of the molecule is Fc1cc(Cl)ccc1CNc1ccc2cn[nH]c2c1. The summed E-state index contributed by atoms with van der Waals surface area (Å²) in [6.07, 6.45) is 1.76. The number of aromatic amines is 1. The summed E-state index contributed by atoms with van der Waals surface area (Å²) in [6, 6.07) is 10.5. The molecule has 0 unspecified atom stereocenters. The highest BCUT2D eigenvalue weighted by molar-refractivity contribution is 6.30. The smallest absolute Gasteiger partial charge is 0.129 e. The van der Waals surface area contributed by atoms with Crippen LogP contribution in [0.3, 0.4) is 0 Å². The van der Waals surface area contributed by atoms with Crippen molar-refractivity contribution in [3.63, 3.8) is 0 Å². The van der Waals surface area contributed by atoms with E-state index in [2.05, 4.69) is 15.5 Å². The highest BCUT2D eigenvalue weighted by atomic mass is 35.5. The van der Waals surface area contributed by atoms with Crippen molar-refractivity contribution < 1.29 is 4.39 Å². The van der Waals surface area contributed by atoms with Gasteiger partial charge in [-0.15, -0.1) is 0 Å². The topological polar surface area (TPSA) is 40.7 Å². The summed E-state index contributed by atoms with van der Waals surface area (Å²) in [5, 5.41) is 11.5. The first-order valence-electron chi connectivity index (χ1n) is 5.83. The van der Waals surface area contributed by atoms with Gasteiger partial charge in [0, 0.05) is 28.2 Å². The summed E-state index contributed by atoms with van der Waals surface area (Å²) < 4.78 is 13.6. The number of H-pyrrole nitrogens is 1. The average Bonchev–Trinajstić information content (AvgIpc) is 2.85. The lowest BCUT2D eigenvalue weighted by atomic mass is 10.2. The van der Waals surface area contributed by atoms with E-state index in [9.17, 15) is 4.39 Å². The third-order valence-corrected chi connectivity index (χ3v) is 3.18. The van der Waals surface area contributed by atoms with Crippen LogP contribution in [0, 0.1) is 5.82 Å².